The Bertz CT molecular complexity index is 1170. The van der Waals surface area contributed by atoms with Crippen LogP contribution >= 0.6 is 46.4 Å². The highest BCUT2D eigenvalue weighted by molar-refractivity contribution is 7.87. The predicted molar refractivity (Wildman–Crippen MR) is 114 cm³/mol. The topological polar surface area (TPSA) is 94.8 Å². The molecule has 1 atom stereocenters. The van der Waals surface area contributed by atoms with Crippen LogP contribution in [-0.2, 0) is 14.9 Å². The van der Waals surface area contributed by atoms with Gasteiger partial charge in [0.05, 0.1) is 15.1 Å². The van der Waals surface area contributed by atoms with Gasteiger partial charge in [-0.3, -0.25) is 4.55 Å². The summed E-state index contributed by atoms with van der Waals surface area (Å²) < 4.78 is 34.0. The molecule has 0 aliphatic heterocycles. The van der Waals surface area contributed by atoms with Crippen LogP contribution in [0.3, 0.4) is 0 Å². The molecule has 5 nitrogen and oxygen atoms in total. The van der Waals surface area contributed by atoms with E-state index in [1.807, 2.05) is 0 Å². The lowest BCUT2D eigenvalue weighted by molar-refractivity contribution is 0.455. The number of hydrogen-bond donors (Lipinski definition) is 3. The lowest BCUT2D eigenvalue weighted by atomic mass is 9.83. The molecule has 3 rings (SSSR count). The highest BCUT2D eigenvalue weighted by atomic mass is 35.5. The molecule has 0 bridgehead atoms. The summed E-state index contributed by atoms with van der Waals surface area (Å²) in [6, 6.07) is 11.2. The monoisotopic (exact) mass is 492 g/mol. The summed E-state index contributed by atoms with van der Waals surface area (Å²) in [6.07, 6.45) is 0. The molecule has 3 N–H and O–H groups in total. The van der Waals surface area contributed by atoms with Crippen molar-refractivity contribution in [1.82, 2.24) is 0 Å². The van der Waals surface area contributed by atoms with E-state index in [0.29, 0.717) is 0 Å². The molecular formula is C19H12Cl4O5S. The van der Waals surface area contributed by atoms with Crippen molar-refractivity contribution in [2.24, 2.45) is 0 Å². The van der Waals surface area contributed by atoms with Gasteiger partial charge >= 0.3 is 0 Å². The molecule has 0 radical (unpaired) electrons. The van der Waals surface area contributed by atoms with Crippen molar-refractivity contribution < 1.29 is 23.2 Å². The SMILES string of the molecule is O=S(=O)(O)C(c1ccc(O)cc1)(c1cc(Cl)c(Cl)c(Cl)c1)c1cc(O)ccc1Cl. The Hall–Kier alpha value is -1.67. The van der Waals surface area contributed by atoms with E-state index >= 15 is 0 Å². The van der Waals surface area contributed by atoms with Crippen LogP contribution in [-0.4, -0.2) is 23.2 Å². The van der Waals surface area contributed by atoms with E-state index in [-0.39, 0.29) is 48.3 Å². The molecule has 0 aliphatic carbocycles. The summed E-state index contributed by atoms with van der Waals surface area (Å²) in [5.74, 6) is -0.422. The largest absolute Gasteiger partial charge is 0.508 e. The number of hydrogen-bond acceptors (Lipinski definition) is 4. The van der Waals surface area contributed by atoms with Crippen molar-refractivity contribution in [1.29, 1.82) is 0 Å². The van der Waals surface area contributed by atoms with Crippen LogP contribution in [0.15, 0.2) is 54.6 Å². The molecule has 0 amide bonds. The van der Waals surface area contributed by atoms with Gasteiger partial charge < -0.3 is 10.2 Å². The summed E-state index contributed by atoms with van der Waals surface area (Å²) in [6.45, 7) is 0. The normalized spacial score (nSPS) is 13.8. The van der Waals surface area contributed by atoms with Gasteiger partial charge in [-0.05, 0) is 53.6 Å². The second-order valence-electron chi connectivity index (χ2n) is 6.12. The van der Waals surface area contributed by atoms with Crippen LogP contribution < -0.4 is 0 Å². The third-order valence-electron chi connectivity index (χ3n) is 4.38. The first-order valence-corrected chi connectivity index (χ1v) is 10.8. The van der Waals surface area contributed by atoms with E-state index in [4.69, 9.17) is 46.4 Å². The van der Waals surface area contributed by atoms with Crippen molar-refractivity contribution in [2.75, 3.05) is 0 Å². The predicted octanol–water partition coefficient (Wildman–Crippen LogP) is 5.89. The van der Waals surface area contributed by atoms with Gasteiger partial charge in [0.25, 0.3) is 10.1 Å². The van der Waals surface area contributed by atoms with E-state index < -0.39 is 14.9 Å². The van der Waals surface area contributed by atoms with Crippen molar-refractivity contribution in [2.45, 2.75) is 4.75 Å². The number of halogens is 4. The maximum absolute atomic E-state index is 12.9. The van der Waals surface area contributed by atoms with Gasteiger partial charge in [-0.2, -0.15) is 8.42 Å². The van der Waals surface area contributed by atoms with Crippen LogP contribution in [0, 0.1) is 0 Å². The summed E-state index contributed by atoms with van der Waals surface area (Å²) >= 11 is 24.6. The highest BCUT2D eigenvalue weighted by Gasteiger charge is 2.50. The average Bonchev–Trinajstić information content (AvgIpc) is 2.63. The van der Waals surface area contributed by atoms with Crippen molar-refractivity contribution in [3.8, 4) is 11.5 Å². The van der Waals surface area contributed by atoms with Crippen molar-refractivity contribution in [3.05, 3.63) is 91.4 Å². The highest BCUT2D eigenvalue weighted by Crippen LogP contribution is 2.49. The zero-order valence-corrected chi connectivity index (χ0v) is 18.1. The quantitative estimate of drug-likeness (QED) is 0.239. The first-order chi connectivity index (χ1) is 13.5. The third-order valence-corrected chi connectivity index (χ3v) is 7.37. The summed E-state index contributed by atoms with van der Waals surface area (Å²) in [7, 11) is -5.02. The Labute approximate surface area is 186 Å². The molecule has 0 saturated heterocycles. The molecule has 0 spiro atoms. The molecule has 0 heterocycles. The summed E-state index contributed by atoms with van der Waals surface area (Å²) in [5, 5.41) is 19.5. The molecule has 0 fully saturated rings. The minimum atomic E-state index is -5.02. The van der Waals surface area contributed by atoms with Gasteiger partial charge in [0.15, 0.2) is 4.75 Å². The van der Waals surface area contributed by atoms with Crippen molar-refractivity contribution >= 4 is 56.5 Å². The zero-order valence-electron chi connectivity index (χ0n) is 14.3. The third kappa shape index (κ3) is 3.77. The van der Waals surface area contributed by atoms with Crippen LogP contribution in [0.5, 0.6) is 11.5 Å². The molecule has 152 valence electrons. The number of rotatable bonds is 4. The smallest absolute Gasteiger partial charge is 0.283 e. The molecule has 0 saturated carbocycles. The van der Waals surface area contributed by atoms with E-state index in [0.717, 1.165) is 6.07 Å². The van der Waals surface area contributed by atoms with E-state index in [1.165, 1.54) is 48.5 Å². The van der Waals surface area contributed by atoms with E-state index in [2.05, 4.69) is 0 Å². The first kappa shape index (κ1) is 22.0. The van der Waals surface area contributed by atoms with Crippen LogP contribution in [0.25, 0.3) is 0 Å². The van der Waals surface area contributed by atoms with Crippen LogP contribution in [0.1, 0.15) is 16.7 Å². The van der Waals surface area contributed by atoms with Gasteiger partial charge in [0.2, 0.25) is 0 Å². The Morgan fingerprint density at radius 2 is 1.21 bits per heavy atom. The lowest BCUT2D eigenvalue weighted by Crippen LogP contribution is -2.38. The average molecular weight is 494 g/mol. The molecular weight excluding hydrogens is 482 g/mol. The van der Waals surface area contributed by atoms with Gasteiger partial charge in [0.1, 0.15) is 11.5 Å². The summed E-state index contributed by atoms with van der Waals surface area (Å²) in [4.78, 5) is 0. The maximum Gasteiger partial charge on any atom is 0.283 e. The van der Waals surface area contributed by atoms with Crippen LogP contribution in [0.4, 0.5) is 0 Å². The molecule has 1 unspecified atom stereocenters. The zero-order chi connectivity index (χ0) is 21.6. The second-order valence-corrected chi connectivity index (χ2v) is 9.28. The van der Waals surface area contributed by atoms with E-state index in [9.17, 15) is 23.2 Å². The van der Waals surface area contributed by atoms with Gasteiger partial charge in [-0.15, -0.1) is 0 Å². The van der Waals surface area contributed by atoms with Gasteiger partial charge in [-0.1, -0.05) is 58.5 Å². The van der Waals surface area contributed by atoms with Crippen LogP contribution in [0.2, 0.25) is 20.1 Å². The van der Waals surface area contributed by atoms with Gasteiger partial charge in [0, 0.05) is 10.6 Å². The standard InChI is InChI=1S/C19H12Cl4O5S/c20-15-6-5-13(25)9-14(15)19(29(26,27)28,10-1-3-12(24)4-2-10)11-7-16(21)18(23)17(22)8-11/h1-9,24-25H,(H,26,27,28). The molecule has 3 aromatic carbocycles. The molecule has 3 aromatic rings. The number of phenolic OH excluding ortho intramolecular Hbond substituents is 2. The molecule has 0 aromatic heterocycles. The second kappa shape index (κ2) is 7.87. The minimum Gasteiger partial charge on any atom is -0.508 e. The van der Waals surface area contributed by atoms with Gasteiger partial charge in [-0.25, -0.2) is 0 Å². The first-order valence-electron chi connectivity index (χ1n) is 7.89. The lowest BCUT2D eigenvalue weighted by Gasteiger charge is -2.33. The number of benzene rings is 3. The fourth-order valence-corrected chi connectivity index (χ4v) is 5.36. The number of phenols is 2. The van der Waals surface area contributed by atoms with Crippen molar-refractivity contribution in [3.63, 3.8) is 0 Å². The fraction of sp³-hybridized carbons (Fsp3) is 0.0526. The molecule has 0 aliphatic rings. The number of aromatic hydroxyl groups is 2. The Morgan fingerprint density at radius 3 is 1.72 bits per heavy atom. The Balaban J connectivity index is 2.58. The Morgan fingerprint density at radius 1 is 0.690 bits per heavy atom. The maximum atomic E-state index is 12.9. The fourth-order valence-electron chi connectivity index (χ4n) is 3.15. The minimum absolute atomic E-state index is 0.00552. The Kier molecular flexibility index (Phi) is 5.98. The molecule has 10 heteroatoms. The summed E-state index contributed by atoms with van der Waals surface area (Å²) in [5.41, 5.74) is -0.209. The van der Waals surface area contributed by atoms with E-state index in [1.54, 1.807) is 0 Å². The molecule has 29 heavy (non-hydrogen) atoms.